The lowest BCUT2D eigenvalue weighted by Gasteiger charge is -2.36. The average Bonchev–Trinajstić information content (AvgIpc) is 3.37. The molecular weight excluding hydrogens is 308 g/mol. The first-order chi connectivity index (χ1) is 12.3. The summed E-state index contributed by atoms with van der Waals surface area (Å²) in [4.78, 5) is 0. The van der Waals surface area contributed by atoms with E-state index >= 15 is 0 Å². The fourth-order valence-corrected chi connectivity index (χ4v) is 3.75. The molecule has 0 aliphatic heterocycles. The summed E-state index contributed by atoms with van der Waals surface area (Å²) in [6, 6.07) is 16.8. The Balaban J connectivity index is 1.70. The van der Waals surface area contributed by atoms with Crippen LogP contribution in [0.2, 0.25) is 0 Å². The summed E-state index contributed by atoms with van der Waals surface area (Å²) in [5, 5.41) is 0. The summed E-state index contributed by atoms with van der Waals surface area (Å²) in [7, 11) is 0. The summed E-state index contributed by atoms with van der Waals surface area (Å²) < 4.78 is 9.21. The number of nitrogens with zero attached hydrogens (tertiary/aromatic N) is 4. The second kappa shape index (κ2) is 6.93. The van der Waals surface area contributed by atoms with Crippen molar-refractivity contribution in [2.75, 3.05) is 0 Å². The Bertz CT molecular complexity index is 687. The Morgan fingerprint density at radius 2 is 0.560 bits per heavy atom. The molecular formula is C21H24N4. The molecule has 0 bridgehead atoms. The van der Waals surface area contributed by atoms with Crippen molar-refractivity contribution in [2.24, 2.45) is 5.41 Å². The molecule has 0 unspecified atom stereocenters. The van der Waals surface area contributed by atoms with Gasteiger partial charge >= 0.3 is 0 Å². The average molecular weight is 332 g/mol. The van der Waals surface area contributed by atoms with Crippen LogP contribution in [0, 0.1) is 5.41 Å². The van der Waals surface area contributed by atoms with Gasteiger partial charge in [-0.2, -0.15) is 0 Å². The molecule has 0 aliphatic carbocycles. The van der Waals surface area contributed by atoms with Crippen LogP contribution in [0.3, 0.4) is 0 Å². The van der Waals surface area contributed by atoms with Gasteiger partial charge in [-0.25, -0.2) is 0 Å². The highest BCUT2D eigenvalue weighted by molar-refractivity contribution is 4.99. The van der Waals surface area contributed by atoms with E-state index in [1.54, 1.807) is 0 Å². The van der Waals surface area contributed by atoms with Crippen molar-refractivity contribution in [3.63, 3.8) is 0 Å². The van der Waals surface area contributed by atoms with Crippen LogP contribution in [0.4, 0.5) is 0 Å². The second-order valence-electron chi connectivity index (χ2n) is 6.92. The highest BCUT2D eigenvalue weighted by Crippen LogP contribution is 2.29. The second-order valence-corrected chi connectivity index (χ2v) is 6.92. The lowest BCUT2D eigenvalue weighted by atomic mass is 9.86. The maximum absolute atomic E-state index is 2.30. The molecule has 0 atom stereocenters. The maximum Gasteiger partial charge on any atom is 0.0419 e. The van der Waals surface area contributed by atoms with E-state index < -0.39 is 0 Å². The third-order valence-electron chi connectivity index (χ3n) is 4.74. The highest BCUT2D eigenvalue weighted by atomic mass is 15.1. The van der Waals surface area contributed by atoms with Crippen molar-refractivity contribution in [2.45, 2.75) is 26.2 Å². The number of hydrogen-bond acceptors (Lipinski definition) is 0. The van der Waals surface area contributed by atoms with E-state index in [0.29, 0.717) is 0 Å². The summed E-state index contributed by atoms with van der Waals surface area (Å²) in [5.41, 5.74) is 0.0517. The Morgan fingerprint density at radius 1 is 0.360 bits per heavy atom. The van der Waals surface area contributed by atoms with Crippen LogP contribution in [0.15, 0.2) is 98.1 Å². The van der Waals surface area contributed by atoms with Crippen molar-refractivity contribution in [3.8, 4) is 0 Å². The van der Waals surface area contributed by atoms with Crippen LogP contribution in [-0.4, -0.2) is 18.3 Å². The zero-order chi connectivity index (χ0) is 17.0. The molecule has 0 saturated heterocycles. The van der Waals surface area contributed by atoms with Crippen molar-refractivity contribution in [3.05, 3.63) is 98.1 Å². The molecule has 0 saturated carbocycles. The first-order valence-corrected chi connectivity index (χ1v) is 8.74. The fraction of sp³-hybridized carbons (Fsp3) is 0.238. The maximum atomic E-state index is 2.30. The van der Waals surface area contributed by atoms with E-state index in [2.05, 4.69) is 116 Å². The third kappa shape index (κ3) is 3.79. The number of rotatable bonds is 8. The van der Waals surface area contributed by atoms with Crippen LogP contribution in [-0.2, 0) is 26.2 Å². The monoisotopic (exact) mass is 332 g/mol. The SMILES string of the molecule is c1ccn(CC(Cn2cccc2)(Cn2cccc2)Cn2cccc2)c1. The van der Waals surface area contributed by atoms with Crippen LogP contribution in [0.25, 0.3) is 0 Å². The molecule has 4 heteroatoms. The van der Waals surface area contributed by atoms with Crippen LogP contribution in [0.5, 0.6) is 0 Å². The minimum absolute atomic E-state index is 0.0517. The van der Waals surface area contributed by atoms with Crippen molar-refractivity contribution >= 4 is 0 Å². The van der Waals surface area contributed by atoms with Crippen LogP contribution < -0.4 is 0 Å². The van der Waals surface area contributed by atoms with E-state index in [4.69, 9.17) is 0 Å². The molecule has 0 spiro atoms. The van der Waals surface area contributed by atoms with Crippen LogP contribution >= 0.6 is 0 Å². The molecule has 0 aliphatic rings. The summed E-state index contributed by atoms with van der Waals surface area (Å²) in [6.07, 6.45) is 17.3. The molecule has 4 rings (SSSR count). The summed E-state index contributed by atoms with van der Waals surface area (Å²) in [6.45, 7) is 3.87. The first kappa shape index (κ1) is 15.6. The van der Waals surface area contributed by atoms with E-state index in [1.165, 1.54) is 0 Å². The van der Waals surface area contributed by atoms with Gasteiger partial charge in [-0.15, -0.1) is 0 Å². The lowest BCUT2D eigenvalue weighted by molar-refractivity contribution is 0.136. The highest BCUT2D eigenvalue weighted by Gasteiger charge is 2.32. The molecule has 4 aromatic rings. The van der Waals surface area contributed by atoms with Gasteiger partial charge in [0.2, 0.25) is 0 Å². The van der Waals surface area contributed by atoms with Gasteiger partial charge in [0.05, 0.1) is 0 Å². The van der Waals surface area contributed by atoms with E-state index in [-0.39, 0.29) is 5.41 Å². The first-order valence-electron chi connectivity index (χ1n) is 8.74. The van der Waals surface area contributed by atoms with Gasteiger partial charge < -0.3 is 18.3 Å². The van der Waals surface area contributed by atoms with Gasteiger partial charge in [-0.3, -0.25) is 0 Å². The van der Waals surface area contributed by atoms with Crippen molar-refractivity contribution < 1.29 is 0 Å². The molecule has 0 radical (unpaired) electrons. The summed E-state index contributed by atoms with van der Waals surface area (Å²) in [5.74, 6) is 0. The zero-order valence-corrected chi connectivity index (χ0v) is 14.4. The molecule has 128 valence electrons. The number of aromatic nitrogens is 4. The Morgan fingerprint density at radius 3 is 0.760 bits per heavy atom. The Kier molecular flexibility index (Phi) is 4.34. The fourth-order valence-electron chi connectivity index (χ4n) is 3.75. The predicted octanol–water partition coefficient (Wildman–Crippen LogP) is 3.98. The molecule has 4 nitrogen and oxygen atoms in total. The molecule has 25 heavy (non-hydrogen) atoms. The molecule has 0 amide bonds. The normalized spacial score (nSPS) is 11.8. The largest absolute Gasteiger partial charge is 0.353 e. The van der Waals surface area contributed by atoms with Gasteiger partial charge in [0.15, 0.2) is 0 Å². The lowest BCUT2D eigenvalue weighted by Crippen LogP contribution is -2.39. The minimum Gasteiger partial charge on any atom is -0.353 e. The smallest absolute Gasteiger partial charge is 0.0419 e. The van der Waals surface area contributed by atoms with Gasteiger partial charge in [0.25, 0.3) is 0 Å². The van der Waals surface area contributed by atoms with Gasteiger partial charge in [-0.05, 0) is 48.5 Å². The van der Waals surface area contributed by atoms with Crippen molar-refractivity contribution in [1.29, 1.82) is 0 Å². The van der Waals surface area contributed by atoms with E-state index in [9.17, 15) is 0 Å². The third-order valence-corrected chi connectivity index (χ3v) is 4.74. The Hall–Kier alpha value is -2.88. The topological polar surface area (TPSA) is 19.7 Å². The molecule has 0 fully saturated rings. The predicted molar refractivity (Wildman–Crippen MR) is 100 cm³/mol. The van der Waals surface area contributed by atoms with E-state index in [1.807, 2.05) is 0 Å². The summed E-state index contributed by atoms with van der Waals surface area (Å²) >= 11 is 0. The number of hydrogen-bond donors (Lipinski definition) is 0. The standard InChI is InChI=1S/C21H24N4/c1-2-10-22(9-1)17-21(18-23-11-3-4-12-23,19-24-13-5-6-14-24)20-25-15-7-8-16-25/h1-16H,17-20H2. The van der Waals surface area contributed by atoms with Gasteiger partial charge in [0.1, 0.15) is 0 Å². The Labute approximate surface area is 148 Å². The molecule has 4 heterocycles. The quantitative estimate of drug-likeness (QED) is 0.465. The van der Waals surface area contributed by atoms with Crippen molar-refractivity contribution in [1.82, 2.24) is 18.3 Å². The van der Waals surface area contributed by atoms with E-state index in [0.717, 1.165) is 26.2 Å². The molecule has 4 aromatic heterocycles. The van der Waals surface area contributed by atoms with Gasteiger partial charge in [0, 0.05) is 81.2 Å². The molecule has 0 N–H and O–H groups in total. The zero-order valence-electron chi connectivity index (χ0n) is 14.4. The van der Waals surface area contributed by atoms with Gasteiger partial charge in [-0.1, -0.05) is 0 Å². The minimum atomic E-state index is 0.0517. The van der Waals surface area contributed by atoms with Crippen LogP contribution in [0.1, 0.15) is 0 Å². The molecule has 0 aromatic carbocycles.